The molecule has 146 valence electrons. The lowest BCUT2D eigenvalue weighted by molar-refractivity contribution is -0.116. The van der Waals surface area contributed by atoms with Crippen molar-refractivity contribution in [2.75, 3.05) is 17.2 Å². The molecule has 2 heterocycles. The van der Waals surface area contributed by atoms with Gasteiger partial charge in [0.05, 0.1) is 12.3 Å². The van der Waals surface area contributed by atoms with Gasteiger partial charge in [-0.25, -0.2) is 0 Å². The van der Waals surface area contributed by atoms with Crippen LogP contribution >= 0.6 is 0 Å². The van der Waals surface area contributed by atoms with E-state index in [1.165, 1.54) is 0 Å². The molecule has 0 spiro atoms. The lowest BCUT2D eigenvalue weighted by Gasteiger charge is -2.14. The van der Waals surface area contributed by atoms with Crippen molar-refractivity contribution in [3.8, 4) is 11.5 Å². The molecule has 0 saturated carbocycles. The van der Waals surface area contributed by atoms with Crippen molar-refractivity contribution < 1.29 is 19.1 Å². The summed E-state index contributed by atoms with van der Waals surface area (Å²) >= 11 is 0. The summed E-state index contributed by atoms with van der Waals surface area (Å²) in [6.07, 6.45) is 3.00. The number of carbonyl (C=O) groups excluding carboxylic acids is 2. The van der Waals surface area contributed by atoms with Crippen LogP contribution in [0.3, 0.4) is 0 Å². The number of anilines is 2. The summed E-state index contributed by atoms with van der Waals surface area (Å²) in [5, 5.41) is 5.85. The molecule has 0 aromatic heterocycles. The van der Waals surface area contributed by atoms with E-state index in [1.807, 2.05) is 32.0 Å². The Morgan fingerprint density at radius 2 is 2.11 bits per heavy atom. The first kappa shape index (κ1) is 18.3. The highest BCUT2D eigenvalue weighted by molar-refractivity contribution is 6.06. The van der Waals surface area contributed by atoms with Gasteiger partial charge in [0, 0.05) is 35.7 Å². The molecule has 2 aliphatic rings. The lowest BCUT2D eigenvalue weighted by atomic mass is 10.0. The van der Waals surface area contributed by atoms with Gasteiger partial charge in [0.1, 0.15) is 17.6 Å². The van der Waals surface area contributed by atoms with Crippen LogP contribution in [0, 0.1) is 0 Å². The predicted molar refractivity (Wildman–Crippen MR) is 107 cm³/mol. The molecule has 2 aromatic rings. The monoisotopic (exact) mass is 380 g/mol. The number of amides is 2. The Hall–Kier alpha value is -3.02. The number of aryl methyl sites for hydroxylation is 1. The third-order valence-corrected chi connectivity index (χ3v) is 5.04. The lowest BCUT2D eigenvalue weighted by Crippen LogP contribution is -2.14. The molecule has 0 fully saturated rings. The minimum absolute atomic E-state index is 0.0182. The first-order valence-corrected chi connectivity index (χ1v) is 9.74. The third-order valence-electron chi connectivity index (χ3n) is 5.04. The van der Waals surface area contributed by atoms with Crippen LogP contribution in [0.15, 0.2) is 30.3 Å². The van der Waals surface area contributed by atoms with Gasteiger partial charge in [0.25, 0.3) is 5.91 Å². The molecule has 2 aromatic carbocycles. The average Bonchev–Trinajstić information content (AvgIpc) is 2.90. The molecule has 6 heteroatoms. The number of benzene rings is 2. The molecule has 0 aliphatic carbocycles. The molecule has 2 aliphatic heterocycles. The third kappa shape index (κ3) is 3.67. The van der Waals surface area contributed by atoms with Gasteiger partial charge in [-0.2, -0.15) is 0 Å². The van der Waals surface area contributed by atoms with Gasteiger partial charge in [0.15, 0.2) is 0 Å². The van der Waals surface area contributed by atoms with Crippen LogP contribution in [0.4, 0.5) is 11.4 Å². The molecule has 6 nitrogen and oxygen atoms in total. The molecule has 1 atom stereocenters. The standard InChI is InChI=1S/C22H24N2O4/c1-3-27-20-11-16-9-13(2)28-19(16)12-18(20)24-22(26)15-7-8-17-14(10-15)5-4-6-21(25)23-17/h7-8,10-13H,3-6,9H2,1-2H3,(H,23,25)(H,24,26). The number of rotatable bonds is 4. The number of ether oxygens (including phenoxy) is 2. The summed E-state index contributed by atoms with van der Waals surface area (Å²) in [6, 6.07) is 9.16. The molecular weight excluding hydrogens is 356 g/mol. The van der Waals surface area contributed by atoms with Gasteiger partial charge in [-0.05, 0) is 56.5 Å². The highest BCUT2D eigenvalue weighted by Gasteiger charge is 2.23. The minimum Gasteiger partial charge on any atom is -0.492 e. The number of hydrogen-bond acceptors (Lipinski definition) is 4. The molecule has 0 bridgehead atoms. The summed E-state index contributed by atoms with van der Waals surface area (Å²) < 4.78 is 11.6. The van der Waals surface area contributed by atoms with Crippen LogP contribution in [0.5, 0.6) is 11.5 Å². The van der Waals surface area contributed by atoms with Gasteiger partial charge < -0.3 is 20.1 Å². The fourth-order valence-electron chi connectivity index (χ4n) is 3.72. The largest absolute Gasteiger partial charge is 0.492 e. The van der Waals surface area contributed by atoms with E-state index in [0.29, 0.717) is 30.0 Å². The van der Waals surface area contributed by atoms with E-state index in [4.69, 9.17) is 9.47 Å². The number of nitrogens with one attached hydrogen (secondary N) is 2. The molecule has 0 radical (unpaired) electrons. The van der Waals surface area contributed by atoms with E-state index in [2.05, 4.69) is 10.6 Å². The summed E-state index contributed by atoms with van der Waals surface area (Å²) in [5.74, 6) is 1.24. The summed E-state index contributed by atoms with van der Waals surface area (Å²) in [4.78, 5) is 24.6. The zero-order chi connectivity index (χ0) is 19.7. The SMILES string of the molecule is CCOc1cc2c(cc1NC(=O)c1ccc3c(c1)CCCC(=O)N3)OC(C)C2. The van der Waals surface area contributed by atoms with Crippen molar-refractivity contribution >= 4 is 23.2 Å². The van der Waals surface area contributed by atoms with Crippen molar-refractivity contribution in [2.24, 2.45) is 0 Å². The minimum atomic E-state index is -0.217. The fraction of sp³-hybridized carbons (Fsp3) is 0.364. The summed E-state index contributed by atoms with van der Waals surface area (Å²) in [5.41, 5.74) is 4.01. The van der Waals surface area contributed by atoms with Gasteiger partial charge in [-0.1, -0.05) is 0 Å². The van der Waals surface area contributed by atoms with E-state index in [-0.39, 0.29) is 17.9 Å². The van der Waals surface area contributed by atoms with Gasteiger partial charge >= 0.3 is 0 Å². The maximum atomic E-state index is 12.9. The average molecular weight is 380 g/mol. The number of fused-ring (bicyclic) bond motifs is 2. The van der Waals surface area contributed by atoms with Crippen molar-refractivity contribution in [1.29, 1.82) is 0 Å². The molecular formula is C22H24N2O4. The van der Waals surface area contributed by atoms with Gasteiger partial charge in [0.2, 0.25) is 5.91 Å². The fourth-order valence-corrected chi connectivity index (χ4v) is 3.72. The van der Waals surface area contributed by atoms with Crippen molar-refractivity contribution in [3.63, 3.8) is 0 Å². The Balaban J connectivity index is 1.59. The van der Waals surface area contributed by atoms with Gasteiger partial charge in [-0.3, -0.25) is 9.59 Å². The second kappa shape index (κ2) is 7.54. The Morgan fingerprint density at radius 3 is 2.93 bits per heavy atom. The zero-order valence-electron chi connectivity index (χ0n) is 16.1. The second-order valence-corrected chi connectivity index (χ2v) is 7.25. The zero-order valence-corrected chi connectivity index (χ0v) is 16.1. The van der Waals surface area contributed by atoms with Crippen LogP contribution < -0.4 is 20.1 Å². The topological polar surface area (TPSA) is 76.7 Å². The predicted octanol–water partition coefficient (Wildman–Crippen LogP) is 3.94. The Morgan fingerprint density at radius 1 is 1.25 bits per heavy atom. The van der Waals surface area contributed by atoms with Crippen molar-refractivity contribution in [2.45, 2.75) is 45.6 Å². The highest BCUT2D eigenvalue weighted by atomic mass is 16.5. The van der Waals surface area contributed by atoms with E-state index in [9.17, 15) is 9.59 Å². The van der Waals surface area contributed by atoms with E-state index >= 15 is 0 Å². The maximum Gasteiger partial charge on any atom is 0.255 e. The van der Waals surface area contributed by atoms with E-state index in [0.717, 1.165) is 41.8 Å². The molecule has 4 rings (SSSR count). The quantitative estimate of drug-likeness (QED) is 0.842. The second-order valence-electron chi connectivity index (χ2n) is 7.25. The Labute approximate surface area is 164 Å². The van der Waals surface area contributed by atoms with Crippen molar-refractivity contribution in [1.82, 2.24) is 0 Å². The highest BCUT2D eigenvalue weighted by Crippen LogP contribution is 2.38. The summed E-state index contributed by atoms with van der Waals surface area (Å²) in [7, 11) is 0. The first-order valence-electron chi connectivity index (χ1n) is 9.74. The van der Waals surface area contributed by atoms with Gasteiger partial charge in [-0.15, -0.1) is 0 Å². The van der Waals surface area contributed by atoms with Crippen LogP contribution in [-0.4, -0.2) is 24.5 Å². The van der Waals surface area contributed by atoms with Crippen LogP contribution in [0.25, 0.3) is 0 Å². The Bertz CT molecular complexity index is 938. The Kier molecular flexibility index (Phi) is 4.94. The molecule has 0 saturated heterocycles. The first-order chi connectivity index (χ1) is 13.5. The normalized spacial score (nSPS) is 17.6. The van der Waals surface area contributed by atoms with E-state index in [1.54, 1.807) is 12.1 Å². The number of carbonyl (C=O) groups is 2. The van der Waals surface area contributed by atoms with Crippen molar-refractivity contribution in [3.05, 3.63) is 47.0 Å². The molecule has 28 heavy (non-hydrogen) atoms. The maximum absolute atomic E-state index is 12.9. The summed E-state index contributed by atoms with van der Waals surface area (Å²) in [6.45, 7) is 4.45. The van der Waals surface area contributed by atoms with Crippen LogP contribution in [0.1, 0.15) is 48.2 Å². The molecule has 2 N–H and O–H groups in total. The molecule has 2 amide bonds. The number of hydrogen-bond donors (Lipinski definition) is 2. The van der Waals surface area contributed by atoms with E-state index < -0.39 is 0 Å². The van der Waals surface area contributed by atoms with Crippen LogP contribution in [-0.2, 0) is 17.6 Å². The van der Waals surface area contributed by atoms with Crippen LogP contribution in [0.2, 0.25) is 0 Å². The smallest absolute Gasteiger partial charge is 0.255 e. The molecule has 1 unspecified atom stereocenters.